The van der Waals surface area contributed by atoms with Crippen LogP contribution >= 0.6 is 11.6 Å². The Hall–Kier alpha value is -1.55. The third-order valence-electron chi connectivity index (χ3n) is 3.90. The van der Waals surface area contributed by atoms with Crippen molar-refractivity contribution in [2.75, 3.05) is 6.54 Å². The molecule has 2 unspecified atom stereocenters. The summed E-state index contributed by atoms with van der Waals surface area (Å²) in [7, 11) is 0. The number of carboxylic acids is 1. The van der Waals surface area contributed by atoms with Crippen molar-refractivity contribution in [2.24, 2.45) is 5.92 Å². The highest BCUT2D eigenvalue weighted by molar-refractivity contribution is 6.31. The van der Waals surface area contributed by atoms with Crippen LogP contribution in [0.2, 0.25) is 5.02 Å². The van der Waals surface area contributed by atoms with E-state index in [9.17, 15) is 9.59 Å². The summed E-state index contributed by atoms with van der Waals surface area (Å²) in [6.45, 7) is 4.08. The summed E-state index contributed by atoms with van der Waals surface area (Å²) in [5.74, 6) is -1.42. The summed E-state index contributed by atoms with van der Waals surface area (Å²) in [4.78, 5) is 25.3. The fourth-order valence-electron chi connectivity index (χ4n) is 2.54. The van der Waals surface area contributed by atoms with Crippen LogP contribution in [0, 0.1) is 12.8 Å². The van der Waals surface area contributed by atoms with E-state index in [1.165, 1.54) is 0 Å². The Morgan fingerprint density at radius 1 is 1.35 bits per heavy atom. The van der Waals surface area contributed by atoms with Crippen molar-refractivity contribution in [1.29, 1.82) is 0 Å². The molecule has 20 heavy (non-hydrogen) atoms. The van der Waals surface area contributed by atoms with E-state index in [0.29, 0.717) is 17.0 Å². The predicted octanol–water partition coefficient (Wildman–Crippen LogP) is 2.97. The zero-order valence-corrected chi connectivity index (χ0v) is 12.4. The van der Waals surface area contributed by atoms with E-state index in [4.69, 9.17) is 16.7 Å². The number of halogens is 1. The first kappa shape index (κ1) is 14.9. The largest absolute Gasteiger partial charge is 0.481 e. The molecule has 0 aliphatic carbocycles. The monoisotopic (exact) mass is 295 g/mol. The van der Waals surface area contributed by atoms with Crippen LogP contribution in [0.3, 0.4) is 0 Å². The van der Waals surface area contributed by atoms with Gasteiger partial charge in [0, 0.05) is 23.2 Å². The van der Waals surface area contributed by atoms with E-state index in [1.54, 1.807) is 23.1 Å². The van der Waals surface area contributed by atoms with Gasteiger partial charge in [-0.1, -0.05) is 11.6 Å². The number of aliphatic carboxylic acids is 1. The maximum atomic E-state index is 12.5. The van der Waals surface area contributed by atoms with Crippen LogP contribution < -0.4 is 0 Å². The van der Waals surface area contributed by atoms with Crippen LogP contribution in [0.15, 0.2) is 18.2 Å². The lowest BCUT2D eigenvalue weighted by molar-refractivity contribution is -0.143. The fraction of sp³-hybridized carbons (Fsp3) is 0.467. The SMILES string of the molecule is Cc1cc(C(=O)N2CC(C(=O)O)CCC2C)ccc1Cl. The number of hydrogen-bond acceptors (Lipinski definition) is 2. The lowest BCUT2D eigenvalue weighted by atomic mass is 9.93. The van der Waals surface area contributed by atoms with Gasteiger partial charge in [-0.25, -0.2) is 0 Å². The van der Waals surface area contributed by atoms with Crippen LogP contribution in [0.5, 0.6) is 0 Å². The molecular weight excluding hydrogens is 278 g/mol. The van der Waals surface area contributed by atoms with Crippen molar-refractivity contribution in [3.8, 4) is 0 Å². The lowest BCUT2D eigenvalue weighted by Crippen LogP contribution is -2.47. The Morgan fingerprint density at radius 3 is 2.65 bits per heavy atom. The van der Waals surface area contributed by atoms with Crippen LogP contribution in [0.25, 0.3) is 0 Å². The quantitative estimate of drug-likeness (QED) is 0.912. The summed E-state index contributed by atoms with van der Waals surface area (Å²) in [5, 5.41) is 9.74. The van der Waals surface area contributed by atoms with Crippen molar-refractivity contribution in [3.05, 3.63) is 34.3 Å². The molecule has 1 heterocycles. The summed E-state index contributed by atoms with van der Waals surface area (Å²) < 4.78 is 0. The topological polar surface area (TPSA) is 57.6 Å². The lowest BCUT2D eigenvalue weighted by Gasteiger charge is -2.36. The third kappa shape index (κ3) is 2.96. The van der Waals surface area contributed by atoms with E-state index in [1.807, 2.05) is 13.8 Å². The second kappa shape index (κ2) is 5.83. The van der Waals surface area contributed by atoms with E-state index in [2.05, 4.69) is 0 Å². The summed E-state index contributed by atoms with van der Waals surface area (Å²) in [6, 6.07) is 5.21. The third-order valence-corrected chi connectivity index (χ3v) is 4.32. The Labute approximate surface area is 123 Å². The molecule has 0 spiro atoms. The van der Waals surface area contributed by atoms with Gasteiger partial charge in [-0.3, -0.25) is 9.59 Å². The maximum Gasteiger partial charge on any atom is 0.308 e. The summed E-state index contributed by atoms with van der Waals surface area (Å²) >= 11 is 5.96. The molecule has 1 aromatic rings. The van der Waals surface area contributed by atoms with Crippen molar-refractivity contribution in [3.63, 3.8) is 0 Å². The maximum absolute atomic E-state index is 12.5. The number of carbonyl (C=O) groups excluding carboxylic acids is 1. The van der Waals surface area contributed by atoms with Gasteiger partial charge in [0.1, 0.15) is 0 Å². The minimum absolute atomic E-state index is 0.0640. The minimum atomic E-state index is -0.831. The molecule has 2 atom stereocenters. The molecule has 2 rings (SSSR count). The molecule has 1 amide bonds. The molecule has 1 aromatic carbocycles. The molecule has 0 saturated carbocycles. The number of hydrogen-bond donors (Lipinski definition) is 1. The van der Waals surface area contributed by atoms with Gasteiger partial charge >= 0.3 is 5.97 Å². The van der Waals surface area contributed by atoms with Gasteiger partial charge in [0.2, 0.25) is 0 Å². The Kier molecular flexibility index (Phi) is 4.33. The number of carbonyl (C=O) groups is 2. The number of piperidine rings is 1. The van der Waals surface area contributed by atoms with E-state index >= 15 is 0 Å². The number of amides is 1. The molecule has 108 valence electrons. The van der Waals surface area contributed by atoms with Gasteiger partial charge in [-0.05, 0) is 50.5 Å². The molecule has 0 aromatic heterocycles. The molecule has 0 bridgehead atoms. The van der Waals surface area contributed by atoms with Gasteiger partial charge in [-0.15, -0.1) is 0 Å². The predicted molar refractivity (Wildman–Crippen MR) is 77.0 cm³/mol. The van der Waals surface area contributed by atoms with Gasteiger partial charge in [0.25, 0.3) is 5.91 Å². The average molecular weight is 296 g/mol. The van der Waals surface area contributed by atoms with Crippen molar-refractivity contribution >= 4 is 23.5 Å². The van der Waals surface area contributed by atoms with E-state index < -0.39 is 11.9 Å². The highest BCUT2D eigenvalue weighted by atomic mass is 35.5. The second-order valence-corrected chi connectivity index (χ2v) is 5.79. The van der Waals surface area contributed by atoms with E-state index in [-0.39, 0.29) is 18.5 Å². The molecule has 1 aliphatic heterocycles. The minimum Gasteiger partial charge on any atom is -0.481 e. The normalized spacial score (nSPS) is 22.6. The molecular formula is C15H18ClNO3. The zero-order valence-electron chi connectivity index (χ0n) is 11.6. The fourth-order valence-corrected chi connectivity index (χ4v) is 2.65. The van der Waals surface area contributed by atoms with Gasteiger partial charge in [0.05, 0.1) is 5.92 Å². The number of rotatable bonds is 2. The van der Waals surface area contributed by atoms with Gasteiger partial charge in [0.15, 0.2) is 0 Å². The highest BCUT2D eigenvalue weighted by Gasteiger charge is 2.32. The van der Waals surface area contributed by atoms with Crippen LogP contribution in [0.1, 0.15) is 35.7 Å². The Morgan fingerprint density at radius 2 is 2.05 bits per heavy atom. The smallest absolute Gasteiger partial charge is 0.308 e. The molecule has 1 saturated heterocycles. The number of benzene rings is 1. The summed E-state index contributed by atoms with van der Waals surface area (Å²) in [6.07, 6.45) is 1.34. The molecule has 4 nitrogen and oxygen atoms in total. The Bertz CT molecular complexity index is 544. The van der Waals surface area contributed by atoms with Crippen molar-refractivity contribution in [1.82, 2.24) is 4.90 Å². The zero-order chi connectivity index (χ0) is 14.9. The van der Waals surface area contributed by atoms with Crippen molar-refractivity contribution in [2.45, 2.75) is 32.7 Å². The first-order chi connectivity index (χ1) is 9.40. The molecule has 1 aliphatic rings. The average Bonchev–Trinajstić information content (AvgIpc) is 2.41. The number of likely N-dealkylation sites (tertiary alicyclic amines) is 1. The highest BCUT2D eigenvalue weighted by Crippen LogP contribution is 2.25. The van der Waals surface area contributed by atoms with E-state index in [0.717, 1.165) is 12.0 Å². The molecule has 1 fully saturated rings. The first-order valence-electron chi connectivity index (χ1n) is 6.70. The Balaban J connectivity index is 2.21. The van der Waals surface area contributed by atoms with Crippen LogP contribution in [-0.4, -0.2) is 34.5 Å². The second-order valence-electron chi connectivity index (χ2n) is 5.38. The first-order valence-corrected chi connectivity index (χ1v) is 7.08. The van der Waals surface area contributed by atoms with Crippen LogP contribution in [0.4, 0.5) is 0 Å². The number of aryl methyl sites for hydroxylation is 1. The summed E-state index contributed by atoms with van der Waals surface area (Å²) in [5.41, 5.74) is 1.40. The van der Waals surface area contributed by atoms with Crippen molar-refractivity contribution < 1.29 is 14.7 Å². The molecule has 0 radical (unpaired) electrons. The van der Waals surface area contributed by atoms with Gasteiger partial charge < -0.3 is 10.0 Å². The molecule has 1 N–H and O–H groups in total. The van der Waals surface area contributed by atoms with Crippen LogP contribution in [-0.2, 0) is 4.79 Å². The standard InChI is InChI=1S/C15H18ClNO3/c1-9-7-11(5-6-13(9)16)14(18)17-8-12(15(19)20)4-3-10(17)2/h5-7,10,12H,3-4,8H2,1-2H3,(H,19,20). The molecule has 5 heteroatoms. The number of carboxylic acid groups (broad SMARTS) is 1. The van der Waals surface area contributed by atoms with Gasteiger partial charge in [-0.2, -0.15) is 0 Å². The number of nitrogens with zero attached hydrogens (tertiary/aromatic N) is 1.